The van der Waals surface area contributed by atoms with Crippen molar-refractivity contribution >= 4 is 16.0 Å². The van der Waals surface area contributed by atoms with Gasteiger partial charge in [-0.05, 0) is 25.7 Å². The molecule has 0 amide bonds. The molecule has 0 radical (unpaired) electrons. The number of rotatable bonds is 3. The quantitative estimate of drug-likeness (QED) is 0.622. The Bertz CT molecular complexity index is 531. The molecule has 1 fully saturated rings. The second kappa shape index (κ2) is 5.40. The summed E-state index contributed by atoms with van der Waals surface area (Å²) in [5.41, 5.74) is 2.27. The maximum Gasteiger partial charge on any atom is 0.246 e. The van der Waals surface area contributed by atoms with E-state index in [1.807, 2.05) is 6.92 Å². The lowest BCUT2D eigenvalue weighted by Gasteiger charge is -2.35. The molecule has 1 aliphatic heterocycles. The highest BCUT2D eigenvalue weighted by molar-refractivity contribution is 7.89. The van der Waals surface area contributed by atoms with Crippen molar-refractivity contribution in [2.75, 3.05) is 12.0 Å². The Morgan fingerprint density at radius 1 is 1.37 bits per heavy atom. The van der Waals surface area contributed by atoms with Crippen molar-refractivity contribution in [2.24, 2.45) is 11.8 Å². The van der Waals surface area contributed by atoms with Gasteiger partial charge in [0.25, 0.3) is 0 Å². The predicted octanol–water partition coefficient (Wildman–Crippen LogP) is 0.571. The Hall–Kier alpha value is -1.25. The maximum absolute atomic E-state index is 12.5. The average Bonchev–Trinajstić information content (AvgIpc) is 2.38. The van der Waals surface area contributed by atoms with Crippen molar-refractivity contribution in [3.63, 3.8) is 0 Å². The minimum atomic E-state index is -3.52. The van der Waals surface area contributed by atoms with Gasteiger partial charge < -0.3 is 0 Å². The summed E-state index contributed by atoms with van der Waals surface area (Å²) in [7, 11) is -3.52. The third-order valence-corrected chi connectivity index (χ3v) is 5.41. The van der Waals surface area contributed by atoms with Crippen molar-refractivity contribution in [3.05, 3.63) is 12.4 Å². The monoisotopic (exact) mass is 285 g/mol. The highest BCUT2D eigenvalue weighted by Crippen LogP contribution is 2.27. The number of hydrogen-bond acceptors (Lipinski definition) is 6. The molecule has 8 heteroatoms. The summed E-state index contributed by atoms with van der Waals surface area (Å²) in [5.74, 6) is 5.90. The van der Waals surface area contributed by atoms with Crippen molar-refractivity contribution < 1.29 is 8.42 Å². The van der Waals surface area contributed by atoms with Crippen LogP contribution in [-0.4, -0.2) is 35.3 Å². The summed E-state index contributed by atoms with van der Waals surface area (Å²) in [6.07, 6.45) is 4.32. The predicted molar refractivity (Wildman–Crippen MR) is 71.6 cm³/mol. The fourth-order valence-corrected chi connectivity index (χ4v) is 3.95. The summed E-state index contributed by atoms with van der Waals surface area (Å²) >= 11 is 0. The van der Waals surface area contributed by atoms with E-state index >= 15 is 0 Å². The van der Waals surface area contributed by atoms with Crippen LogP contribution in [0.1, 0.15) is 26.7 Å². The molecule has 1 aromatic heterocycles. The zero-order chi connectivity index (χ0) is 14.0. The largest absolute Gasteiger partial charge is 0.292 e. The lowest BCUT2D eigenvalue weighted by molar-refractivity contribution is 0.220. The average molecular weight is 285 g/mol. The maximum atomic E-state index is 12.5. The summed E-state index contributed by atoms with van der Waals surface area (Å²) < 4.78 is 26.5. The number of nitrogen functional groups attached to an aromatic ring is 1. The first-order valence-electron chi connectivity index (χ1n) is 6.25. The van der Waals surface area contributed by atoms with Gasteiger partial charge in [0.1, 0.15) is 4.90 Å². The summed E-state index contributed by atoms with van der Waals surface area (Å²) in [4.78, 5) is 7.79. The smallest absolute Gasteiger partial charge is 0.246 e. The van der Waals surface area contributed by atoms with Crippen LogP contribution in [-0.2, 0) is 10.0 Å². The molecule has 106 valence electrons. The third kappa shape index (κ3) is 2.85. The van der Waals surface area contributed by atoms with Crippen LogP contribution in [0.2, 0.25) is 0 Å². The molecule has 7 nitrogen and oxygen atoms in total. The van der Waals surface area contributed by atoms with E-state index < -0.39 is 10.0 Å². The molecule has 2 atom stereocenters. The normalized spacial score (nSPS) is 25.2. The summed E-state index contributed by atoms with van der Waals surface area (Å²) in [6.45, 7) is 4.62. The van der Waals surface area contributed by atoms with Gasteiger partial charge in [0.2, 0.25) is 16.0 Å². The van der Waals surface area contributed by atoms with Crippen molar-refractivity contribution in [3.8, 4) is 0 Å². The van der Waals surface area contributed by atoms with Crippen LogP contribution in [0.3, 0.4) is 0 Å². The Labute approximate surface area is 113 Å². The molecule has 0 spiro atoms. The second-order valence-electron chi connectivity index (χ2n) is 4.98. The lowest BCUT2D eigenvalue weighted by atomic mass is 9.95. The standard InChI is InChI=1S/C11H19N5O2S/c1-8-3-4-16(9(2)5-8)19(17,18)10-6-13-11(15-12)14-7-10/h6-9H,3-5,12H2,1-2H3,(H,13,14,15). The van der Waals surface area contributed by atoms with Crippen LogP contribution in [0.4, 0.5) is 5.95 Å². The molecule has 2 unspecified atom stereocenters. The fraction of sp³-hybridized carbons (Fsp3) is 0.636. The molecule has 3 N–H and O–H groups in total. The number of aromatic nitrogens is 2. The fourth-order valence-electron chi connectivity index (χ4n) is 2.40. The van der Waals surface area contributed by atoms with Crippen LogP contribution in [0, 0.1) is 5.92 Å². The highest BCUT2D eigenvalue weighted by atomic mass is 32.2. The van der Waals surface area contributed by atoms with E-state index in [4.69, 9.17) is 5.84 Å². The Morgan fingerprint density at radius 2 is 2.00 bits per heavy atom. The Kier molecular flexibility index (Phi) is 4.02. The molecule has 1 aromatic rings. The van der Waals surface area contributed by atoms with Crippen LogP contribution >= 0.6 is 0 Å². The number of nitrogens with zero attached hydrogens (tertiary/aromatic N) is 3. The van der Waals surface area contributed by atoms with Gasteiger partial charge in [0.15, 0.2) is 0 Å². The van der Waals surface area contributed by atoms with Gasteiger partial charge in [0, 0.05) is 12.6 Å². The number of piperidine rings is 1. The molecule has 0 aromatic carbocycles. The van der Waals surface area contributed by atoms with Gasteiger partial charge in [-0.25, -0.2) is 24.2 Å². The summed E-state index contributed by atoms with van der Waals surface area (Å²) in [6, 6.07) is 0.000981. The van der Waals surface area contributed by atoms with E-state index in [1.54, 1.807) is 0 Å². The second-order valence-corrected chi connectivity index (χ2v) is 6.87. The molecule has 0 bridgehead atoms. The van der Waals surface area contributed by atoms with E-state index in [2.05, 4.69) is 22.3 Å². The van der Waals surface area contributed by atoms with Crippen LogP contribution < -0.4 is 11.3 Å². The number of hydrazine groups is 1. The van der Waals surface area contributed by atoms with Crippen molar-refractivity contribution in [1.29, 1.82) is 0 Å². The van der Waals surface area contributed by atoms with Gasteiger partial charge >= 0.3 is 0 Å². The van der Waals surface area contributed by atoms with Gasteiger partial charge in [0.05, 0.1) is 12.4 Å². The van der Waals surface area contributed by atoms with E-state index in [9.17, 15) is 8.42 Å². The minimum absolute atomic E-state index is 0.000981. The van der Waals surface area contributed by atoms with Crippen molar-refractivity contribution in [2.45, 2.75) is 37.6 Å². The third-order valence-electron chi connectivity index (χ3n) is 3.44. The van der Waals surface area contributed by atoms with E-state index in [0.717, 1.165) is 12.8 Å². The number of anilines is 1. The molecule has 2 heterocycles. The molecule has 0 aliphatic carbocycles. The van der Waals surface area contributed by atoms with E-state index in [0.29, 0.717) is 12.5 Å². The topological polar surface area (TPSA) is 101 Å². The molecular formula is C11H19N5O2S. The Morgan fingerprint density at radius 3 is 2.53 bits per heavy atom. The van der Waals surface area contributed by atoms with E-state index in [1.165, 1.54) is 16.7 Å². The highest BCUT2D eigenvalue weighted by Gasteiger charge is 2.33. The molecule has 0 saturated carbocycles. The molecule has 1 aliphatic rings. The van der Waals surface area contributed by atoms with Gasteiger partial charge in [-0.3, -0.25) is 5.43 Å². The van der Waals surface area contributed by atoms with Crippen LogP contribution in [0.15, 0.2) is 17.3 Å². The van der Waals surface area contributed by atoms with Gasteiger partial charge in [-0.15, -0.1) is 0 Å². The molecular weight excluding hydrogens is 266 g/mol. The Balaban J connectivity index is 2.26. The van der Waals surface area contributed by atoms with Crippen molar-refractivity contribution in [1.82, 2.24) is 14.3 Å². The van der Waals surface area contributed by atoms with Gasteiger partial charge in [-0.1, -0.05) is 6.92 Å². The molecule has 19 heavy (non-hydrogen) atoms. The van der Waals surface area contributed by atoms with Crippen LogP contribution in [0.25, 0.3) is 0 Å². The van der Waals surface area contributed by atoms with Gasteiger partial charge in [-0.2, -0.15) is 4.31 Å². The molecule has 2 rings (SSSR count). The minimum Gasteiger partial charge on any atom is -0.292 e. The van der Waals surface area contributed by atoms with Crippen LogP contribution in [0.5, 0.6) is 0 Å². The lowest BCUT2D eigenvalue weighted by Crippen LogP contribution is -2.44. The number of nitrogens with one attached hydrogen (secondary N) is 1. The number of hydrogen-bond donors (Lipinski definition) is 2. The SMILES string of the molecule is CC1CCN(S(=O)(=O)c2cnc(NN)nc2)C(C)C1. The molecule has 1 saturated heterocycles. The number of sulfonamides is 1. The summed E-state index contributed by atoms with van der Waals surface area (Å²) in [5, 5.41) is 0. The number of nitrogens with two attached hydrogens (primary N) is 1. The van der Waals surface area contributed by atoms with E-state index in [-0.39, 0.29) is 16.9 Å². The zero-order valence-electron chi connectivity index (χ0n) is 11.1. The first-order chi connectivity index (χ1) is 8.95. The first-order valence-corrected chi connectivity index (χ1v) is 7.69. The zero-order valence-corrected chi connectivity index (χ0v) is 11.9. The first kappa shape index (κ1) is 14.2.